The van der Waals surface area contributed by atoms with Gasteiger partial charge < -0.3 is 14.9 Å². The third-order valence-corrected chi connectivity index (χ3v) is 5.69. The lowest BCUT2D eigenvalue weighted by molar-refractivity contribution is -0.254. The maximum atomic E-state index is 13.9. The predicted octanol–water partition coefficient (Wildman–Crippen LogP) is 4.55. The first kappa shape index (κ1) is 23.0. The van der Waals surface area contributed by atoms with E-state index in [-0.39, 0.29) is 16.5 Å². The third kappa shape index (κ3) is 4.49. The van der Waals surface area contributed by atoms with Gasteiger partial charge in [-0.25, -0.2) is 4.79 Å². The summed E-state index contributed by atoms with van der Waals surface area (Å²) in [4.78, 5) is 24.3. The fraction of sp³-hybridized carbons (Fsp3) is 0.286. The number of carbonyl (C=O) groups is 1. The highest BCUT2D eigenvalue weighted by molar-refractivity contribution is 9.10. The molecule has 0 saturated heterocycles. The summed E-state index contributed by atoms with van der Waals surface area (Å²) in [7, 11) is 0. The maximum absolute atomic E-state index is 13.9. The number of aliphatic hydroxyl groups is 1. The molecule has 3 aromatic rings. The second-order valence-corrected chi connectivity index (χ2v) is 8.62. The van der Waals surface area contributed by atoms with Crippen molar-refractivity contribution in [1.29, 1.82) is 0 Å². The van der Waals surface area contributed by atoms with Crippen LogP contribution in [0.25, 0.3) is 10.8 Å². The van der Waals surface area contributed by atoms with Crippen LogP contribution in [0.3, 0.4) is 0 Å². The molecule has 0 spiro atoms. The number of hydrogen-bond acceptors (Lipinski definition) is 5. The first-order chi connectivity index (χ1) is 14.3. The summed E-state index contributed by atoms with van der Waals surface area (Å²) in [5.41, 5.74) is -5.14. The number of amides is 1. The summed E-state index contributed by atoms with van der Waals surface area (Å²) in [6.07, 6.45) is -4.97. The summed E-state index contributed by atoms with van der Waals surface area (Å²) in [6.45, 7) is 3.02. The molecule has 0 fully saturated rings. The number of anilines is 1. The molecule has 1 heterocycles. The van der Waals surface area contributed by atoms with Crippen LogP contribution in [0.4, 0.5) is 18.9 Å². The van der Waals surface area contributed by atoms with Crippen molar-refractivity contribution in [3.05, 3.63) is 69.1 Å². The average molecular weight is 499 g/mol. The molecule has 0 saturated carbocycles. The number of nitrogens with one attached hydrogen (secondary N) is 1. The second kappa shape index (κ2) is 8.08. The van der Waals surface area contributed by atoms with Crippen molar-refractivity contribution in [1.82, 2.24) is 5.16 Å². The minimum absolute atomic E-state index is 0.0359. The summed E-state index contributed by atoms with van der Waals surface area (Å²) in [6, 6.07) is 10.5. The highest BCUT2D eigenvalue weighted by Crippen LogP contribution is 2.43. The highest BCUT2D eigenvalue weighted by atomic mass is 79.9. The smallest absolute Gasteiger partial charge is 0.373 e. The van der Waals surface area contributed by atoms with E-state index in [1.165, 1.54) is 38.2 Å². The molecule has 1 amide bonds. The molecular formula is C21H18BrF3N2O4. The monoisotopic (exact) mass is 498 g/mol. The molecule has 0 radical (unpaired) electrons. The van der Waals surface area contributed by atoms with Crippen LogP contribution >= 0.6 is 15.9 Å². The fourth-order valence-corrected chi connectivity index (χ4v) is 4.22. The van der Waals surface area contributed by atoms with Crippen molar-refractivity contribution in [3.8, 4) is 0 Å². The van der Waals surface area contributed by atoms with Gasteiger partial charge in [-0.2, -0.15) is 13.2 Å². The van der Waals surface area contributed by atoms with E-state index in [2.05, 4.69) is 30.9 Å². The quantitative estimate of drug-likeness (QED) is 0.538. The summed E-state index contributed by atoms with van der Waals surface area (Å²) in [5.74, 6) is -1.63. The van der Waals surface area contributed by atoms with Crippen molar-refractivity contribution < 1.29 is 27.6 Å². The zero-order valence-corrected chi connectivity index (χ0v) is 18.0. The molecule has 1 unspecified atom stereocenters. The Bertz CT molecular complexity index is 1190. The second-order valence-electron chi connectivity index (χ2n) is 7.77. The summed E-state index contributed by atoms with van der Waals surface area (Å²) >= 11 is 3.31. The van der Waals surface area contributed by atoms with Gasteiger partial charge in [0.1, 0.15) is 0 Å². The molecule has 6 nitrogen and oxygen atoms in total. The number of halogens is 4. The number of benzene rings is 2. The molecule has 1 aromatic heterocycles. The SMILES string of the molecule is CC(C)(CC(O)(C(=O)Nc1ccc2c(=O)oncc2c1)C(F)(F)F)c1ccccc1Br. The topological polar surface area (TPSA) is 92.4 Å². The van der Waals surface area contributed by atoms with Crippen molar-refractivity contribution in [2.45, 2.75) is 37.5 Å². The Balaban J connectivity index is 1.95. The molecule has 0 bridgehead atoms. The van der Waals surface area contributed by atoms with Gasteiger partial charge in [0, 0.05) is 22.0 Å². The van der Waals surface area contributed by atoms with Gasteiger partial charge in [-0.05, 0) is 35.2 Å². The van der Waals surface area contributed by atoms with Crippen LogP contribution in [0.15, 0.2) is 62.5 Å². The van der Waals surface area contributed by atoms with Gasteiger partial charge >= 0.3 is 11.8 Å². The number of alkyl halides is 3. The van der Waals surface area contributed by atoms with Gasteiger partial charge in [0.05, 0.1) is 11.6 Å². The Morgan fingerprint density at radius 2 is 1.87 bits per heavy atom. The Kier molecular flexibility index (Phi) is 5.98. The van der Waals surface area contributed by atoms with Gasteiger partial charge in [0.2, 0.25) is 5.60 Å². The third-order valence-electron chi connectivity index (χ3n) is 5.00. The number of aromatic nitrogens is 1. The molecule has 0 aliphatic rings. The van der Waals surface area contributed by atoms with Gasteiger partial charge in [0.25, 0.3) is 5.91 Å². The molecule has 0 aliphatic heterocycles. The largest absolute Gasteiger partial charge is 0.426 e. The van der Waals surface area contributed by atoms with Crippen LogP contribution in [0.2, 0.25) is 0 Å². The minimum Gasteiger partial charge on any atom is -0.373 e. The summed E-state index contributed by atoms with van der Waals surface area (Å²) < 4.78 is 46.8. The van der Waals surface area contributed by atoms with Crippen LogP contribution in [-0.2, 0) is 10.2 Å². The van der Waals surface area contributed by atoms with E-state index in [0.717, 1.165) is 0 Å². The number of carbonyl (C=O) groups excluding carboxylic acids is 1. The number of rotatable bonds is 5. The van der Waals surface area contributed by atoms with Crippen LogP contribution in [0.1, 0.15) is 25.8 Å². The van der Waals surface area contributed by atoms with Crippen LogP contribution in [0.5, 0.6) is 0 Å². The Morgan fingerprint density at radius 1 is 1.19 bits per heavy atom. The zero-order chi connectivity index (χ0) is 23.0. The van der Waals surface area contributed by atoms with E-state index >= 15 is 0 Å². The highest BCUT2D eigenvalue weighted by Gasteiger charge is 2.61. The Morgan fingerprint density at radius 3 is 2.52 bits per heavy atom. The minimum atomic E-state index is -5.24. The van der Waals surface area contributed by atoms with Crippen molar-refractivity contribution in [2.75, 3.05) is 5.32 Å². The van der Waals surface area contributed by atoms with E-state index in [4.69, 9.17) is 0 Å². The normalized spacial score (nSPS) is 14.3. The molecule has 2 aromatic carbocycles. The molecule has 10 heteroatoms. The lowest BCUT2D eigenvalue weighted by Gasteiger charge is -2.37. The Labute approximate surface area is 183 Å². The summed E-state index contributed by atoms with van der Waals surface area (Å²) in [5, 5.41) is 16.5. The van der Waals surface area contributed by atoms with Gasteiger partial charge in [-0.15, -0.1) is 0 Å². The molecular weight excluding hydrogens is 481 g/mol. The van der Waals surface area contributed by atoms with Crippen LogP contribution < -0.4 is 10.9 Å². The fourth-order valence-electron chi connectivity index (χ4n) is 3.40. The molecule has 164 valence electrons. The first-order valence-electron chi connectivity index (χ1n) is 9.09. The number of nitrogens with zero attached hydrogens (tertiary/aromatic N) is 1. The Hall–Kier alpha value is -2.72. The zero-order valence-electron chi connectivity index (χ0n) is 16.5. The van der Waals surface area contributed by atoms with Crippen molar-refractivity contribution >= 4 is 38.3 Å². The van der Waals surface area contributed by atoms with Crippen molar-refractivity contribution in [2.24, 2.45) is 0 Å². The van der Waals surface area contributed by atoms with Gasteiger partial charge in [-0.1, -0.05) is 53.1 Å². The van der Waals surface area contributed by atoms with Crippen LogP contribution in [0, 0.1) is 0 Å². The molecule has 3 rings (SSSR count). The average Bonchev–Trinajstić information content (AvgIpc) is 2.67. The van der Waals surface area contributed by atoms with Gasteiger partial charge in [-0.3, -0.25) is 4.79 Å². The van der Waals surface area contributed by atoms with E-state index in [1.807, 2.05) is 0 Å². The molecule has 0 aliphatic carbocycles. The van der Waals surface area contributed by atoms with Crippen LogP contribution in [-0.4, -0.2) is 27.9 Å². The van der Waals surface area contributed by atoms with E-state index in [9.17, 15) is 27.9 Å². The number of hydrogen-bond donors (Lipinski definition) is 2. The van der Waals surface area contributed by atoms with Gasteiger partial charge in [0.15, 0.2) is 0 Å². The van der Waals surface area contributed by atoms with E-state index in [1.54, 1.807) is 24.3 Å². The maximum Gasteiger partial charge on any atom is 0.426 e. The first-order valence-corrected chi connectivity index (χ1v) is 9.89. The molecule has 1 atom stereocenters. The number of fused-ring (bicyclic) bond motifs is 1. The standard InChI is InChI=1S/C21H18BrF3N2O4/c1-19(2,15-5-3-4-6-16(15)22)11-20(30,21(23,24)25)18(29)27-13-7-8-14-12(9-13)10-26-31-17(14)28/h3-10,30H,11H2,1-2H3,(H,27,29). The molecule has 31 heavy (non-hydrogen) atoms. The van der Waals surface area contributed by atoms with Crippen molar-refractivity contribution in [3.63, 3.8) is 0 Å². The lowest BCUT2D eigenvalue weighted by Crippen LogP contribution is -2.57. The molecule has 2 N–H and O–H groups in total. The van der Waals surface area contributed by atoms with E-state index in [0.29, 0.717) is 10.0 Å². The predicted molar refractivity (Wildman–Crippen MR) is 112 cm³/mol. The van der Waals surface area contributed by atoms with E-state index < -0.39 is 35.1 Å². The lowest BCUT2D eigenvalue weighted by atomic mass is 9.74.